The predicted octanol–water partition coefficient (Wildman–Crippen LogP) is -1.04. The third kappa shape index (κ3) is 13.5. The molecule has 0 fully saturated rings. The van der Waals surface area contributed by atoms with Crippen molar-refractivity contribution in [3.63, 3.8) is 0 Å². The maximum Gasteiger partial charge on any atom is 0 e. The van der Waals surface area contributed by atoms with Gasteiger partial charge in [-0.3, -0.25) is 0 Å². The summed E-state index contributed by atoms with van der Waals surface area (Å²) >= 11 is 1.40. The summed E-state index contributed by atoms with van der Waals surface area (Å²) in [6.07, 6.45) is 0. The molecule has 0 aliphatic heterocycles. The summed E-state index contributed by atoms with van der Waals surface area (Å²) < 4.78 is 3.75. The minimum Gasteiger partial charge on any atom is 0 e. The van der Waals surface area contributed by atoms with Crippen LogP contribution in [0.2, 0.25) is 0 Å². The van der Waals surface area contributed by atoms with E-state index >= 15 is 0 Å². The molecule has 2 N–H and O–H groups in total. The Kier molecular flexibility index (Phi) is 20.2. The van der Waals surface area contributed by atoms with Crippen LogP contribution in [0, 0.1) is 0 Å². The van der Waals surface area contributed by atoms with Crippen molar-refractivity contribution in [3.05, 3.63) is 0 Å². The molecule has 0 unspecified atom stereocenters. The summed E-state index contributed by atoms with van der Waals surface area (Å²) in [7, 11) is 0. The third-order valence-electron chi connectivity index (χ3n) is 0. The van der Waals surface area contributed by atoms with Gasteiger partial charge in [0.1, 0.15) is 0 Å². The van der Waals surface area contributed by atoms with E-state index in [0.717, 1.165) is 0 Å². The molecule has 0 aromatic heterocycles. The summed E-state index contributed by atoms with van der Waals surface area (Å²) in [6.45, 7) is 0. The fourth-order valence-electron chi connectivity index (χ4n) is 0. The topological polar surface area (TPSA) is 35.2 Å². The summed E-state index contributed by atoms with van der Waals surface area (Å²) in [5.74, 6) is 4.35. The van der Waals surface area contributed by atoms with Gasteiger partial charge in [0.25, 0.3) is 0 Å². The van der Waals surface area contributed by atoms with Crippen LogP contribution in [0.5, 0.6) is 0 Å². The Morgan fingerprint density at radius 2 is 1.75 bits per heavy atom. The number of hydrogen-bond donors (Lipinski definition) is 1. The molecule has 0 aromatic carbocycles. The van der Waals surface area contributed by atoms with Gasteiger partial charge in [-0.2, -0.15) is 0 Å². The number of hydrogen-bond acceptors (Lipinski definition) is 2. The molecule has 4 heteroatoms. The van der Waals surface area contributed by atoms with Crippen molar-refractivity contribution in [2.45, 2.75) is 0 Å². The molecule has 0 heterocycles. The molecule has 0 amide bonds. The van der Waals surface area contributed by atoms with E-state index in [-0.39, 0.29) is 11.0 Å². The van der Waals surface area contributed by atoms with Gasteiger partial charge in [-0.05, 0) is 0 Å². The van der Waals surface area contributed by atoms with E-state index in [1.165, 1.54) is 20.8 Å². The second-order valence-electron chi connectivity index (χ2n) is 0.118. The van der Waals surface area contributed by atoms with Crippen LogP contribution in [-0.4, -0.2) is 11.0 Å². The van der Waals surface area contributed by atoms with E-state index in [1.807, 2.05) is 0 Å². The third-order valence-corrected chi connectivity index (χ3v) is 0. The Labute approximate surface area is 41.6 Å². The van der Waals surface area contributed by atoms with Crippen LogP contribution in [0.15, 0.2) is 0 Å². The van der Waals surface area contributed by atoms with E-state index in [1.54, 1.807) is 0 Å². The fourth-order valence-corrected chi connectivity index (χ4v) is 0. The minimum absolute atomic E-state index is 0. The molecule has 0 rings (SSSR count). The van der Waals surface area contributed by atoms with Crippen molar-refractivity contribution < 1.29 is 24.2 Å². The molecule has 0 aromatic rings. The molecule has 4 radical (unpaired) electrons. The number of rotatable bonds is 0. The van der Waals surface area contributed by atoms with E-state index in [4.69, 9.17) is 0 Å². The zero-order valence-electron chi connectivity index (χ0n) is 1.99. The van der Waals surface area contributed by atoms with Gasteiger partial charge in [0.15, 0.2) is 0 Å². The van der Waals surface area contributed by atoms with Gasteiger partial charge in [0, 0.05) is 11.0 Å². The number of nitrogens with two attached hydrogens (primary N) is 1. The monoisotopic (exact) mass is 108 g/mol. The average Bonchev–Trinajstić information content (AvgIpc) is 0.918. The van der Waals surface area contributed by atoms with E-state index in [0.29, 0.717) is 0 Å². The van der Waals surface area contributed by atoms with Gasteiger partial charge >= 0.3 is 30.1 Å². The van der Waals surface area contributed by atoms with E-state index < -0.39 is 0 Å². The summed E-state index contributed by atoms with van der Waals surface area (Å²) in [5.41, 5.74) is 0. The largest absolute Gasteiger partial charge is 0 e. The molecule has 4 heavy (non-hydrogen) atoms. The first-order valence-electron chi connectivity index (χ1n) is 0.440. The molecule has 0 aliphatic rings. The minimum atomic E-state index is 0. The first-order chi connectivity index (χ1) is 1.41. The molecule has 0 saturated carbocycles. The average molecular weight is 108 g/mol. The summed E-state index contributed by atoms with van der Waals surface area (Å²) in [6, 6.07) is 0. The van der Waals surface area contributed by atoms with Gasteiger partial charge in [-0.1, -0.05) is 0 Å². The van der Waals surface area contributed by atoms with Crippen molar-refractivity contribution in [1.29, 1.82) is 0 Å². The van der Waals surface area contributed by atoms with Crippen LogP contribution in [0.1, 0.15) is 0 Å². The second-order valence-corrected chi connectivity index (χ2v) is 0.486. The zero-order chi connectivity index (χ0) is 2.71. The second kappa shape index (κ2) is 9.14. The van der Waals surface area contributed by atoms with Crippen LogP contribution in [-0.2, 0) is 24.2 Å². The van der Waals surface area contributed by atoms with Crippen LogP contribution >= 0.6 is 0 Å². The van der Waals surface area contributed by atoms with Gasteiger partial charge in [-0.25, -0.2) is 0 Å². The van der Waals surface area contributed by atoms with Crippen molar-refractivity contribution in [3.8, 4) is 0 Å². The van der Waals surface area contributed by atoms with Crippen molar-refractivity contribution >= 4 is 11.0 Å². The summed E-state index contributed by atoms with van der Waals surface area (Å²) in [4.78, 5) is 0. The molecule has 0 aliphatic carbocycles. The van der Waals surface area contributed by atoms with E-state index in [9.17, 15) is 0 Å². The summed E-state index contributed by atoms with van der Waals surface area (Å²) in [5, 5.41) is 0. The van der Waals surface area contributed by atoms with E-state index in [2.05, 4.69) is 9.32 Å². The van der Waals surface area contributed by atoms with Gasteiger partial charge in [0.05, 0.1) is 0 Å². The Balaban J connectivity index is 0. The molecule has 2 nitrogen and oxygen atoms in total. The first-order valence-corrected chi connectivity index (χ1v) is 1.08. The fraction of sp³-hybridized carbons (Fsp3) is 0. The molecular weight excluding hydrogens is 106 g/mol. The van der Waals surface area contributed by atoms with Crippen LogP contribution in [0.4, 0.5) is 0 Å². The Bertz CT molecular complexity index is 8.00. The molecule has 0 atom stereocenters. The van der Waals surface area contributed by atoms with Crippen LogP contribution < -0.4 is 5.90 Å². The smallest absolute Gasteiger partial charge is 0 e. The maximum absolute atomic E-state index is 4.35. The molecule has 0 spiro atoms. The zero-order valence-corrected chi connectivity index (χ0v) is 4.55. The normalized spacial score (nSPS) is 4.00. The van der Waals surface area contributed by atoms with Gasteiger partial charge < -0.3 is 0 Å². The van der Waals surface area contributed by atoms with Gasteiger partial charge in [0.2, 0.25) is 0 Å². The van der Waals surface area contributed by atoms with Crippen LogP contribution in [0.3, 0.4) is 0 Å². The Hall–Kier alpha value is 0.851. The molecule has 0 bridgehead atoms. The predicted molar refractivity (Wildman–Crippen MR) is 11.0 cm³/mol. The Morgan fingerprint density at radius 1 is 1.75 bits per heavy atom. The maximum atomic E-state index is 4.35. The molecule has 21 valence electrons. The van der Waals surface area contributed by atoms with Crippen molar-refractivity contribution in [2.24, 2.45) is 5.90 Å². The molecular formula is H2NOSiTi. The molecule has 0 saturated heterocycles. The quantitative estimate of drug-likeness (QED) is 0.317. The first kappa shape index (κ1) is 8.85. The Morgan fingerprint density at radius 3 is 1.75 bits per heavy atom. The van der Waals surface area contributed by atoms with Gasteiger partial charge in [-0.15, -0.1) is 0 Å². The van der Waals surface area contributed by atoms with Crippen molar-refractivity contribution in [1.82, 2.24) is 0 Å². The van der Waals surface area contributed by atoms with Crippen LogP contribution in [0.25, 0.3) is 0 Å². The SMILES string of the molecule is N[O][Ti].[Si]. The standard InChI is InChI=1S/H2NO.Si.Ti/c1-2;;/h1H2;;/q-1;;+1. The van der Waals surface area contributed by atoms with Crippen molar-refractivity contribution in [2.75, 3.05) is 0 Å².